The zero-order valence-corrected chi connectivity index (χ0v) is 11.7. The van der Waals surface area contributed by atoms with Crippen molar-refractivity contribution in [3.8, 4) is 11.5 Å². The maximum absolute atomic E-state index is 5.48. The highest BCUT2D eigenvalue weighted by atomic mass is 16.5. The lowest BCUT2D eigenvalue weighted by Gasteiger charge is -2.22. The minimum absolute atomic E-state index is 0.297. The van der Waals surface area contributed by atoms with Crippen LogP contribution in [0.4, 0.5) is 0 Å². The highest BCUT2D eigenvalue weighted by Crippen LogP contribution is 2.31. The molecule has 2 aromatic rings. The molecule has 0 bridgehead atoms. The van der Waals surface area contributed by atoms with E-state index in [0.717, 1.165) is 18.9 Å². The van der Waals surface area contributed by atoms with Gasteiger partial charge >= 0.3 is 0 Å². The number of aromatic nitrogens is 5. The van der Waals surface area contributed by atoms with E-state index in [1.165, 1.54) is 25.7 Å². The van der Waals surface area contributed by atoms with Crippen LogP contribution in [0.1, 0.15) is 50.8 Å². The predicted molar refractivity (Wildman–Crippen MR) is 73.0 cm³/mol. The molecule has 0 saturated heterocycles. The van der Waals surface area contributed by atoms with Gasteiger partial charge in [-0.05, 0) is 19.4 Å². The Morgan fingerprint density at radius 1 is 1.35 bits per heavy atom. The van der Waals surface area contributed by atoms with Gasteiger partial charge in [-0.3, -0.25) is 0 Å². The van der Waals surface area contributed by atoms with Crippen molar-refractivity contribution >= 4 is 0 Å². The summed E-state index contributed by atoms with van der Waals surface area (Å²) >= 11 is 0. The molecule has 1 aliphatic carbocycles. The Bertz CT molecular complexity index is 523. The lowest BCUT2D eigenvalue weighted by Crippen LogP contribution is -2.34. The van der Waals surface area contributed by atoms with Crippen molar-refractivity contribution in [2.45, 2.75) is 51.0 Å². The molecule has 20 heavy (non-hydrogen) atoms. The molecular formula is C13H20N6O. The summed E-state index contributed by atoms with van der Waals surface area (Å²) in [6.45, 7) is 3.10. The molecule has 7 heteroatoms. The molecule has 0 amide bonds. The molecule has 1 aliphatic rings. The third-order valence-corrected chi connectivity index (χ3v) is 3.89. The molecule has 108 valence electrons. The lowest BCUT2D eigenvalue weighted by molar-refractivity contribution is 0.306. The van der Waals surface area contributed by atoms with Gasteiger partial charge in [0.2, 0.25) is 11.7 Å². The SMILES string of the molecule is CCNC1CCCCCC1c1nc(-c2cn[nH]n2)no1. The number of aromatic amines is 1. The maximum atomic E-state index is 5.48. The van der Waals surface area contributed by atoms with Crippen molar-refractivity contribution in [1.29, 1.82) is 0 Å². The van der Waals surface area contributed by atoms with Gasteiger partial charge in [-0.1, -0.05) is 31.3 Å². The molecule has 1 fully saturated rings. The van der Waals surface area contributed by atoms with Gasteiger partial charge in [-0.25, -0.2) is 0 Å². The molecule has 0 spiro atoms. The van der Waals surface area contributed by atoms with Gasteiger partial charge in [-0.2, -0.15) is 20.4 Å². The first-order valence-corrected chi connectivity index (χ1v) is 7.31. The summed E-state index contributed by atoms with van der Waals surface area (Å²) in [5, 5.41) is 17.9. The van der Waals surface area contributed by atoms with Crippen molar-refractivity contribution in [2.24, 2.45) is 0 Å². The lowest BCUT2D eigenvalue weighted by atomic mass is 9.94. The minimum atomic E-state index is 0.297. The van der Waals surface area contributed by atoms with Crippen LogP contribution < -0.4 is 5.32 Å². The van der Waals surface area contributed by atoms with Crippen LogP contribution in [0.5, 0.6) is 0 Å². The Morgan fingerprint density at radius 2 is 2.25 bits per heavy atom. The number of nitrogens with one attached hydrogen (secondary N) is 2. The van der Waals surface area contributed by atoms with Gasteiger partial charge < -0.3 is 9.84 Å². The number of rotatable bonds is 4. The monoisotopic (exact) mass is 276 g/mol. The van der Waals surface area contributed by atoms with Gasteiger partial charge in [0.05, 0.1) is 12.1 Å². The second-order valence-corrected chi connectivity index (χ2v) is 5.22. The zero-order chi connectivity index (χ0) is 13.8. The largest absolute Gasteiger partial charge is 0.339 e. The number of hydrogen-bond donors (Lipinski definition) is 2. The summed E-state index contributed by atoms with van der Waals surface area (Å²) in [7, 11) is 0. The molecule has 0 radical (unpaired) electrons. The average Bonchev–Trinajstić information content (AvgIpc) is 3.09. The molecule has 1 saturated carbocycles. The second-order valence-electron chi connectivity index (χ2n) is 5.22. The van der Waals surface area contributed by atoms with E-state index in [1.807, 2.05) is 0 Å². The first kappa shape index (κ1) is 13.2. The van der Waals surface area contributed by atoms with Crippen LogP contribution in [-0.2, 0) is 0 Å². The molecule has 2 atom stereocenters. The summed E-state index contributed by atoms with van der Waals surface area (Å²) in [4.78, 5) is 4.51. The molecular weight excluding hydrogens is 256 g/mol. The first-order valence-electron chi connectivity index (χ1n) is 7.31. The summed E-state index contributed by atoms with van der Waals surface area (Å²) < 4.78 is 5.48. The van der Waals surface area contributed by atoms with E-state index in [2.05, 4.69) is 37.8 Å². The molecule has 2 unspecified atom stereocenters. The van der Waals surface area contributed by atoms with Crippen molar-refractivity contribution in [2.75, 3.05) is 6.54 Å². The minimum Gasteiger partial charge on any atom is -0.339 e. The molecule has 3 rings (SSSR count). The smallest absolute Gasteiger partial charge is 0.231 e. The van der Waals surface area contributed by atoms with E-state index in [1.54, 1.807) is 6.20 Å². The van der Waals surface area contributed by atoms with Gasteiger partial charge in [0.1, 0.15) is 0 Å². The van der Waals surface area contributed by atoms with E-state index in [9.17, 15) is 0 Å². The second kappa shape index (κ2) is 6.13. The summed E-state index contributed by atoms with van der Waals surface area (Å²) in [6.07, 6.45) is 7.62. The van der Waals surface area contributed by atoms with Gasteiger partial charge in [0.25, 0.3) is 0 Å². The van der Waals surface area contributed by atoms with Crippen molar-refractivity contribution < 1.29 is 4.52 Å². The van der Waals surface area contributed by atoms with Crippen LogP contribution in [-0.4, -0.2) is 38.1 Å². The zero-order valence-electron chi connectivity index (χ0n) is 11.7. The molecule has 2 aromatic heterocycles. The fourth-order valence-electron chi connectivity index (χ4n) is 2.91. The Hall–Kier alpha value is -1.76. The van der Waals surface area contributed by atoms with E-state index < -0.39 is 0 Å². The number of likely N-dealkylation sites (N-methyl/N-ethyl adjacent to an activating group) is 1. The summed E-state index contributed by atoms with van der Waals surface area (Å²) in [6, 6.07) is 0.424. The molecule has 2 N–H and O–H groups in total. The van der Waals surface area contributed by atoms with Crippen molar-refractivity contribution in [1.82, 2.24) is 30.9 Å². The van der Waals surface area contributed by atoms with Crippen molar-refractivity contribution in [3.63, 3.8) is 0 Å². The Kier molecular flexibility index (Phi) is 4.05. The number of H-pyrrole nitrogens is 1. The number of hydrogen-bond acceptors (Lipinski definition) is 6. The third-order valence-electron chi connectivity index (χ3n) is 3.89. The molecule has 0 aromatic carbocycles. The number of nitrogens with zero attached hydrogens (tertiary/aromatic N) is 4. The predicted octanol–water partition coefficient (Wildman–Crippen LogP) is 1.88. The topological polar surface area (TPSA) is 92.5 Å². The highest BCUT2D eigenvalue weighted by molar-refractivity contribution is 5.44. The molecule has 0 aliphatic heterocycles. The van der Waals surface area contributed by atoms with E-state index >= 15 is 0 Å². The van der Waals surface area contributed by atoms with Crippen molar-refractivity contribution in [3.05, 3.63) is 12.1 Å². The van der Waals surface area contributed by atoms with Crippen LogP contribution in [0, 0.1) is 0 Å². The maximum Gasteiger partial charge on any atom is 0.231 e. The van der Waals surface area contributed by atoms with E-state index in [-0.39, 0.29) is 0 Å². The van der Waals surface area contributed by atoms with Crippen LogP contribution in [0.25, 0.3) is 11.5 Å². The normalized spacial score (nSPS) is 23.6. The van der Waals surface area contributed by atoms with Gasteiger partial charge in [-0.15, -0.1) is 0 Å². The molecule has 7 nitrogen and oxygen atoms in total. The van der Waals surface area contributed by atoms with Crippen LogP contribution in [0.2, 0.25) is 0 Å². The Labute approximate surface area is 117 Å². The Balaban J connectivity index is 1.82. The molecule has 2 heterocycles. The standard InChI is InChI=1S/C13H20N6O/c1-2-14-10-7-5-3-4-6-9(10)13-16-12(18-20-13)11-8-15-19-17-11/h8-10,14H,2-7H2,1H3,(H,15,17,19). The third kappa shape index (κ3) is 2.72. The summed E-state index contributed by atoms with van der Waals surface area (Å²) in [5.41, 5.74) is 0.619. The quantitative estimate of drug-likeness (QED) is 0.828. The summed E-state index contributed by atoms with van der Waals surface area (Å²) in [5.74, 6) is 1.52. The van der Waals surface area contributed by atoms with Crippen LogP contribution >= 0.6 is 0 Å². The van der Waals surface area contributed by atoms with E-state index in [4.69, 9.17) is 4.52 Å². The fourth-order valence-corrected chi connectivity index (χ4v) is 2.91. The van der Waals surface area contributed by atoms with Crippen LogP contribution in [0.3, 0.4) is 0 Å². The average molecular weight is 276 g/mol. The first-order chi connectivity index (χ1) is 9.88. The van der Waals surface area contributed by atoms with E-state index in [0.29, 0.717) is 23.5 Å². The highest BCUT2D eigenvalue weighted by Gasteiger charge is 2.29. The fraction of sp³-hybridized carbons (Fsp3) is 0.692. The van der Waals surface area contributed by atoms with Crippen LogP contribution in [0.15, 0.2) is 10.7 Å². The van der Waals surface area contributed by atoms with Gasteiger partial charge in [0.15, 0.2) is 5.69 Å². The van der Waals surface area contributed by atoms with Gasteiger partial charge in [0, 0.05) is 6.04 Å². The Morgan fingerprint density at radius 3 is 3.05 bits per heavy atom.